The van der Waals surface area contributed by atoms with Crippen LogP contribution in [-0.2, 0) is 0 Å². The molecule has 0 aromatic heterocycles. The number of aryl methyl sites for hydroxylation is 1. The van der Waals surface area contributed by atoms with Gasteiger partial charge in [0.05, 0.1) is 4.92 Å². The molecule has 1 N–H and O–H groups in total. The van der Waals surface area contributed by atoms with Crippen LogP contribution in [0.1, 0.15) is 25.3 Å². The van der Waals surface area contributed by atoms with E-state index >= 15 is 0 Å². The van der Waals surface area contributed by atoms with Gasteiger partial charge in [0.1, 0.15) is 0 Å². The van der Waals surface area contributed by atoms with E-state index in [1.54, 1.807) is 6.07 Å². The molecular formula is C13H16N2O2. The van der Waals surface area contributed by atoms with Crippen LogP contribution in [0.4, 0.5) is 11.4 Å². The Morgan fingerprint density at radius 3 is 2.76 bits per heavy atom. The summed E-state index contributed by atoms with van der Waals surface area (Å²) in [5, 5.41) is 14.0. The number of hydrogen-bond donors (Lipinski definition) is 1. The first-order valence-corrected chi connectivity index (χ1v) is 5.53. The summed E-state index contributed by atoms with van der Waals surface area (Å²) in [5.74, 6) is 2.59. The van der Waals surface area contributed by atoms with Crippen molar-refractivity contribution >= 4 is 11.4 Å². The number of nitrogens with one attached hydrogen (secondary N) is 1. The molecule has 1 aromatic rings. The largest absolute Gasteiger partial charge is 0.381 e. The second kappa shape index (κ2) is 5.90. The van der Waals surface area contributed by atoms with Crippen LogP contribution in [-0.4, -0.2) is 11.0 Å². The average Bonchev–Trinajstić information content (AvgIpc) is 2.27. The molecule has 4 nitrogen and oxygen atoms in total. The lowest BCUT2D eigenvalue weighted by atomic mass is 10.1. The quantitative estimate of drug-likeness (QED) is 0.482. The SMILES string of the molecule is C#CCC(CC)Nc1cc(C)cc([N+](=O)[O-])c1. The molecular weight excluding hydrogens is 216 g/mol. The van der Waals surface area contributed by atoms with Gasteiger partial charge in [-0.1, -0.05) is 6.92 Å². The van der Waals surface area contributed by atoms with E-state index < -0.39 is 0 Å². The number of anilines is 1. The van der Waals surface area contributed by atoms with Crippen molar-refractivity contribution in [2.24, 2.45) is 0 Å². The lowest BCUT2D eigenvalue weighted by Gasteiger charge is -2.15. The zero-order valence-electron chi connectivity index (χ0n) is 10.1. The van der Waals surface area contributed by atoms with Gasteiger partial charge in [-0.2, -0.15) is 0 Å². The van der Waals surface area contributed by atoms with Crippen LogP contribution in [0.5, 0.6) is 0 Å². The smallest absolute Gasteiger partial charge is 0.271 e. The van der Waals surface area contributed by atoms with E-state index in [0.29, 0.717) is 6.42 Å². The van der Waals surface area contributed by atoms with Gasteiger partial charge in [-0.05, 0) is 25.0 Å². The highest BCUT2D eigenvalue weighted by Crippen LogP contribution is 2.21. The summed E-state index contributed by atoms with van der Waals surface area (Å²) in [6.45, 7) is 3.86. The zero-order chi connectivity index (χ0) is 12.8. The second-order valence-electron chi connectivity index (χ2n) is 3.97. The summed E-state index contributed by atoms with van der Waals surface area (Å²) >= 11 is 0. The van der Waals surface area contributed by atoms with Gasteiger partial charge >= 0.3 is 0 Å². The molecule has 0 amide bonds. The van der Waals surface area contributed by atoms with E-state index in [2.05, 4.69) is 11.2 Å². The van der Waals surface area contributed by atoms with Crippen molar-refractivity contribution in [3.63, 3.8) is 0 Å². The molecule has 0 radical (unpaired) electrons. The fraction of sp³-hybridized carbons (Fsp3) is 0.385. The van der Waals surface area contributed by atoms with Crippen molar-refractivity contribution in [2.45, 2.75) is 32.7 Å². The van der Waals surface area contributed by atoms with E-state index in [4.69, 9.17) is 6.42 Å². The van der Waals surface area contributed by atoms with Gasteiger partial charge in [0.2, 0.25) is 0 Å². The lowest BCUT2D eigenvalue weighted by molar-refractivity contribution is -0.384. The zero-order valence-corrected chi connectivity index (χ0v) is 10.1. The molecule has 0 aliphatic rings. The van der Waals surface area contributed by atoms with E-state index in [1.165, 1.54) is 6.07 Å². The molecule has 0 bridgehead atoms. The third-order valence-corrected chi connectivity index (χ3v) is 2.50. The van der Waals surface area contributed by atoms with Crippen LogP contribution < -0.4 is 5.32 Å². The Labute approximate surface area is 101 Å². The van der Waals surface area contributed by atoms with Gasteiger partial charge in [-0.3, -0.25) is 10.1 Å². The number of terminal acetylenes is 1. The minimum absolute atomic E-state index is 0.100. The Morgan fingerprint density at radius 1 is 1.53 bits per heavy atom. The maximum atomic E-state index is 10.7. The van der Waals surface area contributed by atoms with E-state index in [-0.39, 0.29) is 16.7 Å². The first-order chi connectivity index (χ1) is 8.06. The first-order valence-electron chi connectivity index (χ1n) is 5.53. The monoisotopic (exact) mass is 232 g/mol. The van der Waals surface area contributed by atoms with Crippen LogP contribution in [0.3, 0.4) is 0 Å². The van der Waals surface area contributed by atoms with Crippen LogP contribution in [0, 0.1) is 29.4 Å². The highest BCUT2D eigenvalue weighted by Gasteiger charge is 2.10. The lowest BCUT2D eigenvalue weighted by Crippen LogP contribution is -2.17. The van der Waals surface area contributed by atoms with Crippen molar-refractivity contribution in [3.8, 4) is 12.3 Å². The summed E-state index contributed by atoms with van der Waals surface area (Å²) in [6.07, 6.45) is 6.76. The number of nitrogens with zero attached hydrogens (tertiary/aromatic N) is 1. The van der Waals surface area contributed by atoms with Crippen molar-refractivity contribution in [3.05, 3.63) is 33.9 Å². The normalized spacial score (nSPS) is 11.6. The standard InChI is InChI=1S/C13H16N2O2/c1-4-6-11(5-2)14-12-7-10(3)8-13(9-12)15(16)17/h1,7-9,11,14H,5-6H2,2-3H3. The highest BCUT2D eigenvalue weighted by molar-refractivity contribution is 5.54. The maximum Gasteiger partial charge on any atom is 0.271 e. The third kappa shape index (κ3) is 3.80. The molecule has 4 heteroatoms. The van der Waals surface area contributed by atoms with Crippen molar-refractivity contribution in [1.29, 1.82) is 0 Å². The number of nitro groups is 1. The fourth-order valence-corrected chi connectivity index (χ4v) is 1.63. The Morgan fingerprint density at radius 2 is 2.24 bits per heavy atom. The second-order valence-corrected chi connectivity index (χ2v) is 3.97. The Bertz CT molecular complexity index is 449. The molecule has 0 aliphatic carbocycles. The van der Waals surface area contributed by atoms with Gasteiger partial charge in [-0.25, -0.2) is 0 Å². The number of hydrogen-bond acceptors (Lipinski definition) is 3. The molecule has 0 heterocycles. The minimum atomic E-state index is -0.389. The number of rotatable bonds is 5. The molecule has 1 atom stereocenters. The Kier molecular flexibility index (Phi) is 4.53. The van der Waals surface area contributed by atoms with E-state index in [9.17, 15) is 10.1 Å². The Hall–Kier alpha value is -2.02. The van der Waals surface area contributed by atoms with Crippen LogP contribution in [0.15, 0.2) is 18.2 Å². The van der Waals surface area contributed by atoms with E-state index in [1.807, 2.05) is 19.9 Å². The summed E-state index contributed by atoms with van der Waals surface area (Å²) in [6, 6.07) is 5.12. The van der Waals surface area contributed by atoms with E-state index in [0.717, 1.165) is 17.7 Å². The van der Waals surface area contributed by atoms with Gasteiger partial charge < -0.3 is 5.32 Å². The maximum absolute atomic E-state index is 10.7. The molecule has 0 saturated carbocycles. The molecule has 0 aliphatic heterocycles. The molecule has 17 heavy (non-hydrogen) atoms. The van der Waals surface area contributed by atoms with Crippen molar-refractivity contribution in [1.82, 2.24) is 0 Å². The molecule has 90 valence electrons. The van der Waals surface area contributed by atoms with Gasteiger partial charge in [0.25, 0.3) is 5.69 Å². The summed E-state index contributed by atoms with van der Waals surface area (Å²) in [7, 11) is 0. The summed E-state index contributed by atoms with van der Waals surface area (Å²) < 4.78 is 0. The van der Waals surface area contributed by atoms with Crippen molar-refractivity contribution in [2.75, 3.05) is 5.32 Å². The number of benzene rings is 1. The summed E-state index contributed by atoms with van der Waals surface area (Å²) in [4.78, 5) is 10.3. The summed E-state index contributed by atoms with van der Waals surface area (Å²) in [5.41, 5.74) is 1.71. The highest BCUT2D eigenvalue weighted by atomic mass is 16.6. The number of nitro benzene ring substituents is 1. The van der Waals surface area contributed by atoms with Crippen LogP contribution >= 0.6 is 0 Å². The van der Waals surface area contributed by atoms with Crippen molar-refractivity contribution < 1.29 is 4.92 Å². The number of non-ortho nitro benzene ring substituents is 1. The predicted octanol–water partition coefficient (Wildman–Crippen LogP) is 3.12. The minimum Gasteiger partial charge on any atom is -0.381 e. The average molecular weight is 232 g/mol. The van der Waals surface area contributed by atoms with Gasteiger partial charge in [0, 0.05) is 30.3 Å². The van der Waals surface area contributed by atoms with Crippen LogP contribution in [0.25, 0.3) is 0 Å². The topological polar surface area (TPSA) is 55.2 Å². The molecule has 0 fully saturated rings. The first kappa shape index (κ1) is 13.0. The third-order valence-electron chi connectivity index (χ3n) is 2.50. The predicted molar refractivity (Wildman–Crippen MR) is 69.0 cm³/mol. The van der Waals surface area contributed by atoms with Crippen LogP contribution in [0.2, 0.25) is 0 Å². The van der Waals surface area contributed by atoms with Gasteiger partial charge in [0.15, 0.2) is 0 Å². The molecule has 0 spiro atoms. The fourth-order valence-electron chi connectivity index (χ4n) is 1.63. The molecule has 1 rings (SSSR count). The molecule has 1 aromatic carbocycles. The molecule has 0 saturated heterocycles. The Balaban J connectivity index is 2.91. The van der Waals surface area contributed by atoms with Gasteiger partial charge in [-0.15, -0.1) is 12.3 Å². The molecule has 1 unspecified atom stereocenters.